The lowest BCUT2D eigenvalue weighted by Crippen LogP contribution is -2.38. The van der Waals surface area contributed by atoms with Crippen molar-refractivity contribution in [3.05, 3.63) is 35.9 Å². The van der Waals surface area contributed by atoms with Crippen molar-refractivity contribution in [3.8, 4) is 0 Å². The van der Waals surface area contributed by atoms with E-state index in [-0.39, 0.29) is 5.41 Å². The molecule has 1 rings (SSSR count). The summed E-state index contributed by atoms with van der Waals surface area (Å²) in [5.74, 6) is 0. The number of hydrogen-bond acceptors (Lipinski definition) is 2. The van der Waals surface area contributed by atoms with Gasteiger partial charge in [-0.1, -0.05) is 51.1 Å². The van der Waals surface area contributed by atoms with E-state index in [2.05, 4.69) is 63.1 Å². The molecule has 96 valence electrons. The van der Waals surface area contributed by atoms with Crippen LogP contribution in [0.4, 0.5) is 0 Å². The number of hydrogen-bond donors (Lipinski definition) is 1. The standard InChI is InChI=1S/C15H26N2/c1-5-14(13-9-7-6-8-10-13)17(4)12-15(2,3)11-16/h6-10,14H,5,11-12,16H2,1-4H3. The van der Waals surface area contributed by atoms with Crippen molar-refractivity contribution in [2.45, 2.75) is 33.2 Å². The molecule has 17 heavy (non-hydrogen) atoms. The molecule has 0 aliphatic heterocycles. The fourth-order valence-corrected chi connectivity index (χ4v) is 2.33. The molecule has 0 aliphatic rings. The summed E-state index contributed by atoms with van der Waals surface area (Å²) in [6, 6.07) is 11.2. The van der Waals surface area contributed by atoms with Gasteiger partial charge in [0.15, 0.2) is 0 Å². The Balaban J connectivity index is 2.75. The van der Waals surface area contributed by atoms with Gasteiger partial charge in [-0.05, 0) is 31.0 Å². The van der Waals surface area contributed by atoms with Crippen LogP contribution in [0.3, 0.4) is 0 Å². The molecule has 0 heterocycles. The summed E-state index contributed by atoms with van der Waals surface area (Å²) in [6.45, 7) is 8.44. The fourth-order valence-electron chi connectivity index (χ4n) is 2.33. The molecule has 0 radical (unpaired) electrons. The summed E-state index contributed by atoms with van der Waals surface area (Å²) in [5.41, 5.74) is 7.38. The molecule has 0 amide bonds. The van der Waals surface area contributed by atoms with Crippen molar-refractivity contribution in [2.75, 3.05) is 20.1 Å². The number of nitrogens with zero attached hydrogens (tertiary/aromatic N) is 1. The van der Waals surface area contributed by atoms with Crippen LogP contribution in [0.1, 0.15) is 38.8 Å². The molecule has 0 aliphatic carbocycles. The van der Waals surface area contributed by atoms with Crippen LogP contribution in [-0.4, -0.2) is 25.0 Å². The zero-order chi connectivity index (χ0) is 12.9. The van der Waals surface area contributed by atoms with Gasteiger partial charge in [-0.2, -0.15) is 0 Å². The molecule has 0 bridgehead atoms. The lowest BCUT2D eigenvalue weighted by atomic mass is 9.91. The lowest BCUT2D eigenvalue weighted by Gasteiger charge is -2.34. The first-order valence-electron chi connectivity index (χ1n) is 6.45. The maximum absolute atomic E-state index is 5.81. The minimum Gasteiger partial charge on any atom is -0.330 e. The summed E-state index contributed by atoms with van der Waals surface area (Å²) in [4.78, 5) is 2.42. The van der Waals surface area contributed by atoms with E-state index in [0.29, 0.717) is 6.04 Å². The third-order valence-corrected chi connectivity index (χ3v) is 3.33. The molecule has 1 unspecified atom stereocenters. The van der Waals surface area contributed by atoms with E-state index in [4.69, 9.17) is 5.73 Å². The maximum Gasteiger partial charge on any atom is 0.0342 e. The normalized spacial score (nSPS) is 14.0. The van der Waals surface area contributed by atoms with Crippen LogP contribution in [0.2, 0.25) is 0 Å². The summed E-state index contributed by atoms with van der Waals surface area (Å²) in [6.07, 6.45) is 1.13. The Bertz CT molecular complexity index is 319. The van der Waals surface area contributed by atoms with Crippen LogP contribution >= 0.6 is 0 Å². The van der Waals surface area contributed by atoms with Gasteiger partial charge in [0.25, 0.3) is 0 Å². The van der Waals surface area contributed by atoms with Gasteiger partial charge in [0.2, 0.25) is 0 Å². The Hall–Kier alpha value is -0.860. The predicted octanol–water partition coefficient (Wildman–Crippen LogP) is 3.05. The monoisotopic (exact) mass is 234 g/mol. The third kappa shape index (κ3) is 4.14. The second-order valence-electron chi connectivity index (χ2n) is 5.62. The molecule has 1 aromatic rings. The molecule has 2 N–H and O–H groups in total. The fraction of sp³-hybridized carbons (Fsp3) is 0.600. The average molecular weight is 234 g/mol. The highest BCUT2D eigenvalue weighted by Gasteiger charge is 2.22. The summed E-state index contributed by atoms with van der Waals surface area (Å²) >= 11 is 0. The molecular formula is C15H26N2. The Morgan fingerprint density at radius 1 is 1.24 bits per heavy atom. The van der Waals surface area contributed by atoms with E-state index < -0.39 is 0 Å². The number of nitrogens with two attached hydrogens (primary N) is 1. The second-order valence-corrected chi connectivity index (χ2v) is 5.62. The zero-order valence-electron chi connectivity index (χ0n) is 11.6. The molecule has 1 aromatic carbocycles. The summed E-state index contributed by atoms with van der Waals surface area (Å²) in [7, 11) is 2.19. The van der Waals surface area contributed by atoms with Crippen molar-refractivity contribution >= 4 is 0 Å². The Morgan fingerprint density at radius 2 is 1.82 bits per heavy atom. The van der Waals surface area contributed by atoms with Gasteiger partial charge in [0.1, 0.15) is 0 Å². The van der Waals surface area contributed by atoms with E-state index in [9.17, 15) is 0 Å². The zero-order valence-corrected chi connectivity index (χ0v) is 11.6. The lowest BCUT2D eigenvalue weighted by molar-refractivity contribution is 0.161. The molecular weight excluding hydrogens is 208 g/mol. The molecule has 0 saturated carbocycles. The predicted molar refractivity (Wildman–Crippen MR) is 74.9 cm³/mol. The van der Waals surface area contributed by atoms with Crippen LogP contribution < -0.4 is 5.73 Å². The molecule has 0 aromatic heterocycles. The summed E-state index contributed by atoms with van der Waals surface area (Å²) in [5, 5.41) is 0. The van der Waals surface area contributed by atoms with Crippen molar-refractivity contribution in [3.63, 3.8) is 0 Å². The molecule has 2 nitrogen and oxygen atoms in total. The highest BCUT2D eigenvalue weighted by atomic mass is 15.1. The Labute approximate surface area is 106 Å². The van der Waals surface area contributed by atoms with Crippen LogP contribution in [0.25, 0.3) is 0 Å². The smallest absolute Gasteiger partial charge is 0.0342 e. The first-order valence-corrected chi connectivity index (χ1v) is 6.45. The van der Waals surface area contributed by atoms with Gasteiger partial charge < -0.3 is 5.73 Å². The number of benzene rings is 1. The molecule has 1 atom stereocenters. The van der Waals surface area contributed by atoms with E-state index in [1.54, 1.807) is 0 Å². The van der Waals surface area contributed by atoms with Crippen LogP contribution in [0.5, 0.6) is 0 Å². The van der Waals surface area contributed by atoms with Crippen LogP contribution in [0, 0.1) is 5.41 Å². The highest BCUT2D eigenvalue weighted by molar-refractivity contribution is 5.18. The van der Waals surface area contributed by atoms with Crippen molar-refractivity contribution in [2.24, 2.45) is 11.1 Å². The Morgan fingerprint density at radius 3 is 2.29 bits per heavy atom. The van der Waals surface area contributed by atoms with Crippen LogP contribution in [0.15, 0.2) is 30.3 Å². The third-order valence-electron chi connectivity index (χ3n) is 3.33. The Kier molecular flexibility index (Phi) is 5.16. The molecule has 2 heteroatoms. The van der Waals surface area contributed by atoms with Crippen molar-refractivity contribution in [1.29, 1.82) is 0 Å². The van der Waals surface area contributed by atoms with Crippen molar-refractivity contribution < 1.29 is 0 Å². The molecule has 0 fully saturated rings. The second kappa shape index (κ2) is 6.18. The van der Waals surface area contributed by atoms with E-state index in [1.165, 1.54) is 5.56 Å². The molecule has 0 saturated heterocycles. The van der Waals surface area contributed by atoms with E-state index in [1.807, 2.05) is 0 Å². The minimum absolute atomic E-state index is 0.178. The van der Waals surface area contributed by atoms with Gasteiger partial charge in [-0.15, -0.1) is 0 Å². The first-order chi connectivity index (χ1) is 8.00. The van der Waals surface area contributed by atoms with Gasteiger partial charge in [-0.25, -0.2) is 0 Å². The van der Waals surface area contributed by atoms with Crippen LogP contribution in [-0.2, 0) is 0 Å². The van der Waals surface area contributed by atoms with E-state index in [0.717, 1.165) is 19.5 Å². The summed E-state index contributed by atoms with van der Waals surface area (Å²) < 4.78 is 0. The largest absolute Gasteiger partial charge is 0.330 e. The highest BCUT2D eigenvalue weighted by Crippen LogP contribution is 2.26. The number of rotatable bonds is 6. The molecule has 0 spiro atoms. The van der Waals surface area contributed by atoms with Gasteiger partial charge in [0.05, 0.1) is 0 Å². The van der Waals surface area contributed by atoms with Crippen molar-refractivity contribution in [1.82, 2.24) is 4.90 Å². The maximum atomic E-state index is 5.81. The topological polar surface area (TPSA) is 29.3 Å². The quantitative estimate of drug-likeness (QED) is 0.819. The first kappa shape index (κ1) is 14.2. The SMILES string of the molecule is CCC(c1ccccc1)N(C)CC(C)(C)CN. The van der Waals surface area contributed by atoms with Gasteiger partial charge in [-0.3, -0.25) is 4.90 Å². The van der Waals surface area contributed by atoms with Gasteiger partial charge in [0, 0.05) is 12.6 Å². The minimum atomic E-state index is 0.178. The van der Waals surface area contributed by atoms with E-state index >= 15 is 0 Å². The average Bonchev–Trinajstić information content (AvgIpc) is 2.31. The van der Waals surface area contributed by atoms with Gasteiger partial charge >= 0.3 is 0 Å².